The van der Waals surface area contributed by atoms with E-state index in [4.69, 9.17) is 4.74 Å². The number of carbonyl (C=O) groups is 1. The van der Waals surface area contributed by atoms with Crippen LogP contribution in [0.4, 0.5) is 11.5 Å². The molecular weight excluding hydrogens is 340 g/mol. The first-order valence-electron chi connectivity index (χ1n) is 9.56. The minimum atomic E-state index is 0.0417. The summed E-state index contributed by atoms with van der Waals surface area (Å²) in [6.07, 6.45) is 1.70. The summed E-state index contributed by atoms with van der Waals surface area (Å²) in [5.41, 5.74) is 1.78. The Morgan fingerprint density at radius 3 is 2.30 bits per heavy atom. The molecule has 1 aromatic carbocycles. The number of para-hydroxylation sites is 2. The van der Waals surface area contributed by atoms with E-state index in [1.165, 1.54) is 0 Å². The Morgan fingerprint density at radius 2 is 1.70 bits per heavy atom. The summed E-state index contributed by atoms with van der Waals surface area (Å²) in [6, 6.07) is 12.0. The molecule has 1 aromatic heterocycles. The molecule has 1 saturated heterocycles. The number of anilines is 2. The Morgan fingerprint density at radius 1 is 1.04 bits per heavy atom. The van der Waals surface area contributed by atoms with E-state index in [2.05, 4.69) is 20.9 Å². The third-order valence-corrected chi connectivity index (χ3v) is 5.07. The highest BCUT2D eigenvalue weighted by atomic mass is 16.5. The Kier molecular flexibility index (Phi) is 6.16. The summed E-state index contributed by atoms with van der Waals surface area (Å²) < 4.78 is 5.48. The number of ether oxygens (including phenoxy) is 1. The van der Waals surface area contributed by atoms with Crippen LogP contribution in [0.2, 0.25) is 0 Å². The number of methoxy groups -OCH3 is 1. The van der Waals surface area contributed by atoms with Gasteiger partial charge in [0.1, 0.15) is 11.6 Å². The zero-order valence-electron chi connectivity index (χ0n) is 16.4. The second kappa shape index (κ2) is 8.75. The van der Waals surface area contributed by atoms with E-state index >= 15 is 0 Å². The summed E-state index contributed by atoms with van der Waals surface area (Å²) in [6.45, 7) is 8.98. The SMILES string of the molecule is CCN(CC)C(=O)c1ccc(N2CCN(c3ccccc3OC)CC2)nc1. The van der Waals surface area contributed by atoms with Crippen LogP contribution in [-0.4, -0.2) is 62.2 Å². The van der Waals surface area contributed by atoms with Gasteiger partial charge in [-0.05, 0) is 38.1 Å². The normalized spacial score (nSPS) is 14.2. The van der Waals surface area contributed by atoms with Crippen molar-refractivity contribution in [3.63, 3.8) is 0 Å². The smallest absolute Gasteiger partial charge is 0.255 e. The average Bonchev–Trinajstić information content (AvgIpc) is 2.74. The highest BCUT2D eigenvalue weighted by Gasteiger charge is 2.21. The van der Waals surface area contributed by atoms with Gasteiger partial charge in [-0.3, -0.25) is 4.79 Å². The van der Waals surface area contributed by atoms with Gasteiger partial charge in [0.2, 0.25) is 0 Å². The quantitative estimate of drug-likeness (QED) is 0.785. The predicted octanol–water partition coefficient (Wildman–Crippen LogP) is 2.90. The number of hydrogen-bond acceptors (Lipinski definition) is 5. The van der Waals surface area contributed by atoms with Gasteiger partial charge in [0.05, 0.1) is 18.4 Å². The van der Waals surface area contributed by atoms with Gasteiger partial charge in [-0.25, -0.2) is 4.98 Å². The molecule has 0 atom stereocenters. The van der Waals surface area contributed by atoms with Crippen LogP contribution < -0.4 is 14.5 Å². The molecule has 3 rings (SSSR count). The van der Waals surface area contributed by atoms with Gasteiger partial charge in [-0.1, -0.05) is 12.1 Å². The van der Waals surface area contributed by atoms with Crippen LogP contribution in [0, 0.1) is 0 Å². The lowest BCUT2D eigenvalue weighted by atomic mass is 10.2. The molecule has 0 bridgehead atoms. The number of nitrogens with zero attached hydrogens (tertiary/aromatic N) is 4. The summed E-state index contributed by atoms with van der Waals surface area (Å²) in [4.78, 5) is 23.4. The van der Waals surface area contributed by atoms with Gasteiger partial charge in [0, 0.05) is 45.5 Å². The second-order valence-corrected chi connectivity index (χ2v) is 6.53. The van der Waals surface area contributed by atoms with Crippen molar-refractivity contribution < 1.29 is 9.53 Å². The van der Waals surface area contributed by atoms with Crippen molar-refractivity contribution in [2.75, 3.05) is 56.2 Å². The van der Waals surface area contributed by atoms with Crippen LogP contribution in [0.15, 0.2) is 42.6 Å². The molecule has 0 spiro atoms. The second-order valence-electron chi connectivity index (χ2n) is 6.53. The van der Waals surface area contributed by atoms with Gasteiger partial charge in [-0.2, -0.15) is 0 Å². The van der Waals surface area contributed by atoms with E-state index in [0.29, 0.717) is 18.7 Å². The van der Waals surface area contributed by atoms with Crippen molar-refractivity contribution in [1.29, 1.82) is 0 Å². The molecular formula is C21H28N4O2. The number of amides is 1. The Hall–Kier alpha value is -2.76. The lowest BCUT2D eigenvalue weighted by molar-refractivity contribution is 0.0772. The number of pyridine rings is 1. The first-order chi connectivity index (χ1) is 13.2. The van der Waals surface area contributed by atoms with E-state index in [1.54, 1.807) is 13.3 Å². The van der Waals surface area contributed by atoms with E-state index in [9.17, 15) is 4.79 Å². The van der Waals surface area contributed by atoms with Gasteiger partial charge in [0.15, 0.2) is 0 Å². The number of hydrogen-bond donors (Lipinski definition) is 0. The Bertz CT molecular complexity index is 751. The molecule has 144 valence electrons. The predicted molar refractivity (Wildman–Crippen MR) is 109 cm³/mol. The largest absolute Gasteiger partial charge is 0.495 e. The van der Waals surface area contributed by atoms with Crippen LogP contribution in [0.5, 0.6) is 5.75 Å². The number of aromatic nitrogens is 1. The van der Waals surface area contributed by atoms with Crippen molar-refractivity contribution in [2.45, 2.75) is 13.8 Å². The van der Waals surface area contributed by atoms with E-state index in [0.717, 1.165) is 43.4 Å². The van der Waals surface area contributed by atoms with Gasteiger partial charge >= 0.3 is 0 Å². The van der Waals surface area contributed by atoms with Crippen LogP contribution in [-0.2, 0) is 0 Å². The third-order valence-electron chi connectivity index (χ3n) is 5.07. The van der Waals surface area contributed by atoms with Crippen LogP contribution in [0.1, 0.15) is 24.2 Å². The summed E-state index contributed by atoms with van der Waals surface area (Å²) in [7, 11) is 1.71. The number of piperazine rings is 1. The number of benzene rings is 1. The zero-order chi connectivity index (χ0) is 19.2. The van der Waals surface area contributed by atoms with E-state index in [1.807, 2.05) is 49.1 Å². The third kappa shape index (κ3) is 4.15. The molecule has 1 aliphatic rings. The Labute approximate surface area is 161 Å². The molecule has 6 nitrogen and oxygen atoms in total. The van der Waals surface area contributed by atoms with Crippen molar-refractivity contribution >= 4 is 17.4 Å². The molecule has 2 aromatic rings. The molecule has 0 radical (unpaired) electrons. The highest BCUT2D eigenvalue weighted by molar-refractivity contribution is 5.94. The molecule has 0 unspecified atom stereocenters. The van der Waals surface area contributed by atoms with Crippen molar-refractivity contribution in [3.05, 3.63) is 48.2 Å². The molecule has 1 aliphatic heterocycles. The average molecular weight is 368 g/mol. The fraction of sp³-hybridized carbons (Fsp3) is 0.429. The topological polar surface area (TPSA) is 48.9 Å². The lowest BCUT2D eigenvalue weighted by Crippen LogP contribution is -2.47. The number of carbonyl (C=O) groups excluding carboxylic acids is 1. The van der Waals surface area contributed by atoms with Crippen molar-refractivity contribution in [3.8, 4) is 5.75 Å². The van der Waals surface area contributed by atoms with E-state index in [-0.39, 0.29) is 5.91 Å². The molecule has 27 heavy (non-hydrogen) atoms. The van der Waals surface area contributed by atoms with Crippen molar-refractivity contribution in [2.24, 2.45) is 0 Å². The van der Waals surface area contributed by atoms with Crippen LogP contribution in [0.25, 0.3) is 0 Å². The fourth-order valence-electron chi connectivity index (χ4n) is 3.46. The van der Waals surface area contributed by atoms with Crippen molar-refractivity contribution in [1.82, 2.24) is 9.88 Å². The highest BCUT2D eigenvalue weighted by Crippen LogP contribution is 2.29. The van der Waals surface area contributed by atoms with Crippen LogP contribution in [0.3, 0.4) is 0 Å². The molecule has 0 N–H and O–H groups in total. The minimum absolute atomic E-state index is 0.0417. The molecule has 2 heterocycles. The first kappa shape index (κ1) is 19.0. The monoisotopic (exact) mass is 368 g/mol. The fourth-order valence-corrected chi connectivity index (χ4v) is 3.46. The molecule has 6 heteroatoms. The maximum absolute atomic E-state index is 12.4. The molecule has 0 aliphatic carbocycles. The summed E-state index contributed by atoms with van der Waals surface area (Å²) in [5, 5.41) is 0. The van der Waals surface area contributed by atoms with Gasteiger partial charge < -0.3 is 19.4 Å². The van der Waals surface area contributed by atoms with Gasteiger partial charge in [0.25, 0.3) is 5.91 Å². The summed E-state index contributed by atoms with van der Waals surface area (Å²) >= 11 is 0. The molecule has 0 saturated carbocycles. The number of rotatable bonds is 6. The standard InChI is InChI=1S/C21H28N4O2/c1-4-23(5-2)21(26)17-10-11-20(22-16-17)25-14-12-24(13-15-25)18-8-6-7-9-19(18)27-3/h6-11,16H,4-5,12-15H2,1-3H3. The molecule has 1 fully saturated rings. The maximum atomic E-state index is 12.4. The lowest BCUT2D eigenvalue weighted by Gasteiger charge is -2.37. The minimum Gasteiger partial charge on any atom is -0.495 e. The zero-order valence-corrected chi connectivity index (χ0v) is 16.4. The van der Waals surface area contributed by atoms with E-state index < -0.39 is 0 Å². The summed E-state index contributed by atoms with van der Waals surface area (Å²) in [5.74, 6) is 1.87. The maximum Gasteiger partial charge on any atom is 0.255 e. The Balaban J connectivity index is 1.64. The first-order valence-corrected chi connectivity index (χ1v) is 9.56. The van der Waals surface area contributed by atoms with Gasteiger partial charge in [-0.15, -0.1) is 0 Å². The van der Waals surface area contributed by atoms with Crippen LogP contribution >= 0.6 is 0 Å². The molecule has 1 amide bonds.